The Hall–Kier alpha value is -4.50. The number of benzene rings is 2. The first kappa shape index (κ1) is 24.6. The van der Waals surface area contributed by atoms with E-state index in [4.69, 9.17) is 17.3 Å². The number of carbonyl (C=O) groups is 2. The molecular weight excluding hydrogens is 513 g/mol. The molecule has 186 valence electrons. The van der Waals surface area contributed by atoms with Crippen molar-refractivity contribution in [2.75, 3.05) is 5.06 Å². The monoisotopic (exact) mass is 524 g/mol. The number of hydrogen-bond acceptors (Lipinski definition) is 10. The Labute approximate surface area is 202 Å². The second-order valence-corrected chi connectivity index (χ2v) is 7.34. The zero-order chi connectivity index (χ0) is 26.0. The van der Waals surface area contributed by atoms with E-state index in [1.807, 2.05) is 0 Å². The molecule has 0 spiro atoms. The number of aromatic nitrogens is 4. The van der Waals surface area contributed by atoms with Gasteiger partial charge >= 0.3 is 17.9 Å². The Bertz CT molecular complexity index is 1480. The predicted molar refractivity (Wildman–Crippen MR) is 114 cm³/mol. The van der Waals surface area contributed by atoms with Crippen molar-refractivity contribution in [3.05, 3.63) is 75.2 Å². The van der Waals surface area contributed by atoms with Crippen LogP contribution in [-0.4, -0.2) is 38.1 Å². The first-order valence-corrected chi connectivity index (χ1v) is 10.1. The van der Waals surface area contributed by atoms with Crippen LogP contribution in [0.3, 0.4) is 0 Å². The molecule has 0 atom stereocenters. The van der Waals surface area contributed by atoms with Gasteiger partial charge in [0.15, 0.2) is 0 Å². The third-order valence-electron chi connectivity index (χ3n) is 4.57. The molecule has 12 nitrogen and oxygen atoms in total. The van der Waals surface area contributed by atoms with Gasteiger partial charge in [0, 0.05) is 17.1 Å². The fourth-order valence-electron chi connectivity index (χ4n) is 2.92. The second-order valence-electron chi connectivity index (χ2n) is 6.90. The maximum Gasteiger partial charge on any atom is 0.493 e. The summed E-state index contributed by atoms with van der Waals surface area (Å²) >= 11 is 5.97. The third kappa shape index (κ3) is 4.82. The summed E-state index contributed by atoms with van der Waals surface area (Å²) in [5.41, 5.74) is 5.48. The summed E-state index contributed by atoms with van der Waals surface area (Å²) in [5, 5.41) is 10.6. The highest BCUT2D eigenvalue weighted by Crippen LogP contribution is 2.30. The molecule has 0 aliphatic heterocycles. The lowest BCUT2D eigenvalue weighted by Gasteiger charge is -2.19. The van der Waals surface area contributed by atoms with Crippen LogP contribution in [0.1, 0.15) is 15.9 Å². The average Bonchev–Trinajstić information content (AvgIpc) is 3.47. The lowest BCUT2D eigenvalue weighted by molar-refractivity contribution is -0.200. The minimum atomic E-state index is -5.48. The molecule has 0 aliphatic carbocycles. The highest BCUT2D eigenvalue weighted by molar-refractivity contribution is 6.30. The number of rotatable bonds is 5. The van der Waals surface area contributed by atoms with Crippen LogP contribution in [0, 0.1) is 0 Å². The molecule has 0 unspecified atom stereocenters. The topological polar surface area (TPSA) is 160 Å². The Kier molecular flexibility index (Phi) is 6.59. The predicted octanol–water partition coefficient (Wildman–Crippen LogP) is 2.65. The van der Waals surface area contributed by atoms with Crippen molar-refractivity contribution in [1.82, 2.24) is 20.0 Å². The van der Waals surface area contributed by atoms with Gasteiger partial charge in [0.2, 0.25) is 17.3 Å². The van der Waals surface area contributed by atoms with E-state index in [0.717, 1.165) is 4.57 Å². The van der Waals surface area contributed by atoms with Gasteiger partial charge in [-0.25, -0.2) is 18.8 Å². The van der Waals surface area contributed by atoms with E-state index < -0.39 is 41.1 Å². The number of hydrogen-bond donors (Lipinski definition) is 1. The SMILES string of the molecule is NCc1ccc(C(=O)N(OC(=O)C(F)(F)F)c2nonc2-c2noc(=O)n2-c2cccc(Cl)c2)cc1. The number of hydroxylamine groups is 1. The van der Waals surface area contributed by atoms with Gasteiger partial charge in [-0.3, -0.25) is 9.32 Å². The minimum Gasteiger partial charge on any atom is -0.326 e. The molecule has 2 aromatic heterocycles. The highest BCUT2D eigenvalue weighted by atomic mass is 35.5. The Morgan fingerprint density at radius 1 is 1.11 bits per heavy atom. The number of amides is 1. The molecule has 0 bridgehead atoms. The normalized spacial score (nSPS) is 11.4. The second kappa shape index (κ2) is 9.63. The maximum absolute atomic E-state index is 13.1. The van der Waals surface area contributed by atoms with Crippen molar-refractivity contribution in [2.45, 2.75) is 12.7 Å². The largest absolute Gasteiger partial charge is 0.493 e. The van der Waals surface area contributed by atoms with Crippen LogP contribution >= 0.6 is 11.6 Å². The lowest BCUT2D eigenvalue weighted by atomic mass is 10.1. The molecule has 2 N–H and O–H groups in total. The zero-order valence-corrected chi connectivity index (χ0v) is 18.4. The van der Waals surface area contributed by atoms with Gasteiger partial charge < -0.3 is 10.6 Å². The summed E-state index contributed by atoms with van der Waals surface area (Å²) in [6, 6.07) is 11.2. The number of alkyl halides is 3. The summed E-state index contributed by atoms with van der Waals surface area (Å²) in [5.74, 6) is -6.31. The Balaban J connectivity index is 1.83. The van der Waals surface area contributed by atoms with Crippen LogP contribution in [0.5, 0.6) is 0 Å². The van der Waals surface area contributed by atoms with Gasteiger partial charge in [-0.1, -0.05) is 35.0 Å². The van der Waals surface area contributed by atoms with Crippen LogP contribution in [-0.2, 0) is 16.2 Å². The van der Waals surface area contributed by atoms with Gasteiger partial charge in [0.05, 0.1) is 5.69 Å². The van der Waals surface area contributed by atoms with Crippen molar-refractivity contribution < 1.29 is 36.8 Å². The first-order valence-electron chi connectivity index (χ1n) is 9.70. The summed E-state index contributed by atoms with van der Waals surface area (Å²) in [7, 11) is 0. The van der Waals surface area contributed by atoms with Crippen LogP contribution in [0.2, 0.25) is 5.02 Å². The third-order valence-corrected chi connectivity index (χ3v) is 4.81. The first-order chi connectivity index (χ1) is 17.1. The van der Waals surface area contributed by atoms with Crippen LogP contribution in [0.4, 0.5) is 19.0 Å². The molecule has 0 fully saturated rings. The Morgan fingerprint density at radius 2 is 1.83 bits per heavy atom. The van der Waals surface area contributed by atoms with E-state index >= 15 is 0 Å². The fourth-order valence-corrected chi connectivity index (χ4v) is 3.10. The van der Waals surface area contributed by atoms with E-state index in [2.05, 4.69) is 29.5 Å². The molecule has 1 amide bonds. The molecule has 0 radical (unpaired) electrons. The number of halogens is 4. The van der Waals surface area contributed by atoms with Crippen molar-refractivity contribution >= 4 is 29.3 Å². The van der Waals surface area contributed by atoms with E-state index in [-0.39, 0.29) is 27.9 Å². The molecule has 0 saturated carbocycles. The van der Waals surface area contributed by atoms with Crippen LogP contribution < -0.4 is 16.6 Å². The number of nitrogens with zero attached hydrogens (tertiary/aromatic N) is 5. The molecule has 4 aromatic rings. The van der Waals surface area contributed by atoms with Crippen molar-refractivity contribution in [1.29, 1.82) is 0 Å². The number of carbonyl (C=O) groups excluding carboxylic acids is 2. The number of nitrogens with two attached hydrogens (primary N) is 1. The number of anilines is 1. The molecule has 2 heterocycles. The van der Waals surface area contributed by atoms with Crippen LogP contribution in [0.25, 0.3) is 17.2 Å². The molecule has 2 aromatic carbocycles. The standard InChI is InChI=1S/C20H12ClF3N6O6/c21-12-2-1-3-13(8-12)29-15(27-34-19(29)33)14-16(28-36-26-14)30(35-18(32)20(22,23)24)17(31)11-6-4-10(9-25)5-7-11/h1-8H,9,25H2. The molecule has 0 aliphatic rings. The molecule has 36 heavy (non-hydrogen) atoms. The van der Waals surface area contributed by atoms with E-state index in [0.29, 0.717) is 5.56 Å². The quantitative estimate of drug-likeness (QED) is 0.384. The summed E-state index contributed by atoms with van der Waals surface area (Å²) < 4.78 is 49.1. The summed E-state index contributed by atoms with van der Waals surface area (Å²) in [4.78, 5) is 41.4. The van der Waals surface area contributed by atoms with Crippen molar-refractivity contribution in [3.8, 4) is 17.2 Å². The summed E-state index contributed by atoms with van der Waals surface area (Å²) in [6.07, 6.45) is -5.48. The Morgan fingerprint density at radius 3 is 2.47 bits per heavy atom. The van der Waals surface area contributed by atoms with E-state index in [9.17, 15) is 27.6 Å². The average molecular weight is 525 g/mol. The summed E-state index contributed by atoms with van der Waals surface area (Å²) in [6.45, 7) is 0.131. The molecule has 4 rings (SSSR count). The molecular formula is C20H12ClF3N6O6. The zero-order valence-electron chi connectivity index (χ0n) is 17.6. The van der Waals surface area contributed by atoms with Gasteiger partial charge in [-0.15, -0.1) is 5.06 Å². The highest BCUT2D eigenvalue weighted by Gasteiger charge is 2.45. The smallest absolute Gasteiger partial charge is 0.326 e. The van der Waals surface area contributed by atoms with Gasteiger partial charge in [-0.2, -0.15) is 13.2 Å². The minimum absolute atomic E-state index is 0.0828. The van der Waals surface area contributed by atoms with E-state index in [1.54, 1.807) is 0 Å². The van der Waals surface area contributed by atoms with E-state index in [1.165, 1.54) is 48.5 Å². The van der Waals surface area contributed by atoms with Gasteiger partial charge in [0.1, 0.15) is 0 Å². The lowest BCUT2D eigenvalue weighted by Crippen LogP contribution is -2.39. The van der Waals surface area contributed by atoms with Gasteiger partial charge in [-0.05, 0) is 46.2 Å². The molecule has 0 saturated heterocycles. The maximum atomic E-state index is 13.1. The van der Waals surface area contributed by atoms with Crippen molar-refractivity contribution in [3.63, 3.8) is 0 Å². The van der Waals surface area contributed by atoms with Crippen LogP contribution in [0.15, 0.2) is 62.5 Å². The van der Waals surface area contributed by atoms with Crippen molar-refractivity contribution in [2.24, 2.45) is 5.73 Å². The fraction of sp³-hybridized carbons (Fsp3) is 0.100. The molecule has 16 heteroatoms. The van der Waals surface area contributed by atoms with Gasteiger partial charge in [0.25, 0.3) is 5.91 Å².